The molecule has 18 heavy (non-hydrogen) atoms. The van der Waals surface area contributed by atoms with E-state index in [1.165, 1.54) is 45.4 Å². The summed E-state index contributed by atoms with van der Waals surface area (Å²) in [5, 5.41) is 0. The van der Waals surface area contributed by atoms with Gasteiger partial charge in [-0.15, -0.1) is 0 Å². The Bertz CT molecular complexity index is 389. The minimum absolute atomic E-state index is 0.746. The van der Waals surface area contributed by atoms with Crippen LogP contribution in [0, 0.1) is 0 Å². The van der Waals surface area contributed by atoms with E-state index in [1.54, 1.807) is 6.20 Å². The van der Waals surface area contributed by atoms with E-state index in [0.717, 1.165) is 24.0 Å². The fourth-order valence-electron chi connectivity index (χ4n) is 3.12. The molecular weight excluding hydrogens is 224 g/mol. The number of pyridine rings is 1. The predicted molar refractivity (Wildman–Crippen MR) is 73.1 cm³/mol. The number of nitrogen functional groups attached to an aromatic ring is 1. The zero-order valence-corrected chi connectivity index (χ0v) is 10.9. The van der Waals surface area contributed by atoms with E-state index in [-0.39, 0.29) is 0 Å². The van der Waals surface area contributed by atoms with Gasteiger partial charge in [-0.25, -0.2) is 0 Å². The Labute approximate surface area is 109 Å². The third-order valence-corrected chi connectivity index (χ3v) is 4.15. The second-order valence-corrected chi connectivity index (χ2v) is 5.50. The Morgan fingerprint density at radius 2 is 2.17 bits per heavy atom. The molecule has 1 unspecified atom stereocenters. The third kappa shape index (κ3) is 2.65. The molecule has 0 bridgehead atoms. The van der Waals surface area contributed by atoms with E-state index in [1.807, 2.05) is 12.1 Å². The Morgan fingerprint density at radius 3 is 3.00 bits per heavy atom. The predicted octanol–water partition coefficient (Wildman–Crippen LogP) is 1.33. The first kappa shape index (κ1) is 11.9. The van der Waals surface area contributed by atoms with Crippen LogP contribution in [0.3, 0.4) is 0 Å². The largest absolute Gasteiger partial charge is 0.397 e. The van der Waals surface area contributed by atoms with Crippen LogP contribution >= 0.6 is 0 Å². The Morgan fingerprint density at radius 1 is 1.22 bits per heavy atom. The molecule has 3 rings (SSSR count). The van der Waals surface area contributed by atoms with E-state index in [4.69, 9.17) is 5.73 Å². The van der Waals surface area contributed by atoms with Crippen LogP contribution in [0.4, 0.5) is 5.69 Å². The standard InChI is InChI=1S/C14H22N4/c15-12-4-5-13(16-9-12)10-17-7-8-18-6-2-1-3-14(18)11-17/h4-5,9,14H,1-3,6-8,10-11,15H2. The first-order valence-electron chi connectivity index (χ1n) is 6.98. The molecule has 2 saturated heterocycles. The molecule has 2 aliphatic heterocycles. The zero-order chi connectivity index (χ0) is 12.4. The van der Waals surface area contributed by atoms with Crippen LogP contribution in [0.1, 0.15) is 25.0 Å². The summed E-state index contributed by atoms with van der Waals surface area (Å²) in [6.07, 6.45) is 5.91. The van der Waals surface area contributed by atoms with Crippen molar-refractivity contribution in [1.82, 2.24) is 14.8 Å². The lowest BCUT2D eigenvalue weighted by Crippen LogP contribution is -2.54. The van der Waals surface area contributed by atoms with Gasteiger partial charge in [-0.2, -0.15) is 0 Å². The molecule has 1 aromatic rings. The maximum Gasteiger partial charge on any atom is 0.0545 e. The second-order valence-electron chi connectivity index (χ2n) is 5.50. The van der Waals surface area contributed by atoms with Gasteiger partial charge in [-0.3, -0.25) is 14.8 Å². The number of piperidine rings is 1. The van der Waals surface area contributed by atoms with Crippen molar-refractivity contribution < 1.29 is 0 Å². The van der Waals surface area contributed by atoms with Gasteiger partial charge >= 0.3 is 0 Å². The van der Waals surface area contributed by atoms with Gasteiger partial charge in [0.2, 0.25) is 0 Å². The molecule has 4 nitrogen and oxygen atoms in total. The molecule has 2 aliphatic rings. The Kier molecular flexibility index (Phi) is 3.48. The molecule has 4 heteroatoms. The average Bonchev–Trinajstić information content (AvgIpc) is 2.41. The van der Waals surface area contributed by atoms with E-state index < -0.39 is 0 Å². The molecule has 0 spiro atoms. The van der Waals surface area contributed by atoms with Gasteiger partial charge in [0.05, 0.1) is 17.6 Å². The highest BCUT2D eigenvalue weighted by molar-refractivity contribution is 5.34. The summed E-state index contributed by atoms with van der Waals surface area (Å²) < 4.78 is 0. The van der Waals surface area contributed by atoms with Crippen molar-refractivity contribution in [2.75, 3.05) is 31.9 Å². The summed E-state index contributed by atoms with van der Waals surface area (Å²) in [7, 11) is 0. The lowest BCUT2D eigenvalue weighted by atomic mass is 9.99. The molecule has 2 fully saturated rings. The SMILES string of the molecule is Nc1ccc(CN2CCN3CCCCC3C2)nc1. The molecule has 0 aromatic carbocycles. The summed E-state index contributed by atoms with van der Waals surface area (Å²) in [6, 6.07) is 4.77. The molecular formula is C14H22N4. The normalized spacial score (nSPS) is 25.9. The molecule has 0 saturated carbocycles. The summed E-state index contributed by atoms with van der Waals surface area (Å²) in [5.74, 6) is 0. The smallest absolute Gasteiger partial charge is 0.0545 e. The summed E-state index contributed by atoms with van der Waals surface area (Å²) in [6.45, 7) is 5.86. The number of hydrogen-bond donors (Lipinski definition) is 1. The van der Waals surface area contributed by atoms with E-state index in [0.29, 0.717) is 0 Å². The van der Waals surface area contributed by atoms with Crippen LogP contribution < -0.4 is 5.73 Å². The highest BCUT2D eigenvalue weighted by Gasteiger charge is 2.28. The Balaban J connectivity index is 1.59. The summed E-state index contributed by atoms with van der Waals surface area (Å²) >= 11 is 0. The van der Waals surface area contributed by atoms with Crippen molar-refractivity contribution >= 4 is 5.69 Å². The fraction of sp³-hybridized carbons (Fsp3) is 0.643. The number of rotatable bonds is 2. The molecule has 0 amide bonds. The summed E-state index contributed by atoms with van der Waals surface area (Å²) in [4.78, 5) is 9.59. The van der Waals surface area contributed by atoms with Crippen molar-refractivity contribution in [1.29, 1.82) is 0 Å². The fourth-order valence-corrected chi connectivity index (χ4v) is 3.12. The van der Waals surface area contributed by atoms with Crippen LogP contribution in [0.5, 0.6) is 0 Å². The Hall–Kier alpha value is -1.13. The van der Waals surface area contributed by atoms with E-state index in [9.17, 15) is 0 Å². The number of hydrogen-bond acceptors (Lipinski definition) is 4. The highest BCUT2D eigenvalue weighted by atomic mass is 15.3. The van der Waals surface area contributed by atoms with Gasteiger partial charge in [0, 0.05) is 32.2 Å². The average molecular weight is 246 g/mol. The zero-order valence-electron chi connectivity index (χ0n) is 10.9. The molecule has 2 N–H and O–H groups in total. The van der Waals surface area contributed by atoms with Crippen LogP contribution in [0.15, 0.2) is 18.3 Å². The van der Waals surface area contributed by atoms with Gasteiger partial charge < -0.3 is 5.73 Å². The topological polar surface area (TPSA) is 45.4 Å². The number of nitrogens with two attached hydrogens (primary N) is 1. The van der Waals surface area contributed by atoms with E-state index in [2.05, 4.69) is 14.8 Å². The van der Waals surface area contributed by atoms with Crippen molar-refractivity contribution in [2.45, 2.75) is 31.8 Å². The maximum atomic E-state index is 5.66. The number of anilines is 1. The quantitative estimate of drug-likeness (QED) is 0.855. The van der Waals surface area contributed by atoms with Crippen molar-refractivity contribution in [3.63, 3.8) is 0 Å². The van der Waals surface area contributed by atoms with Gasteiger partial charge in [-0.05, 0) is 31.5 Å². The molecule has 3 heterocycles. The maximum absolute atomic E-state index is 5.66. The lowest BCUT2D eigenvalue weighted by Gasteiger charge is -2.44. The van der Waals surface area contributed by atoms with E-state index >= 15 is 0 Å². The first-order chi connectivity index (χ1) is 8.81. The number of nitrogens with zero attached hydrogens (tertiary/aromatic N) is 3. The van der Waals surface area contributed by atoms with Crippen LogP contribution in [0.25, 0.3) is 0 Å². The minimum Gasteiger partial charge on any atom is -0.397 e. The number of piperazine rings is 1. The molecule has 98 valence electrons. The second kappa shape index (κ2) is 5.24. The number of aromatic nitrogens is 1. The van der Waals surface area contributed by atoms with Gasteiger partial charge in [0.15, 0.2) is 0 Å². The van der Waals surface area contributed by atoms with Crippen LogP contribution in [-0.2, 0) is 6.54 Å². The van der Waals surface area contributed by atoms with Crippen LogP contribution in [-0.4, -0.2) is 47.0 Å². The molecule has 1 atom stereocenters. The monoisotopic (exact) mass is 246 g/mol. The van der Waals surface area contributed by atoms with Crippen molar-refractivity contribution in [3.05, 3.63) is 24.0 Å². The minimum atomic E-state index is 0.746. The van der Waals surface area contributed by atoms with Crippen molar-refractivity contribution in [3.8, 4) is 0 Å². The van der Waals surface area contributed by atoms with Gasteiger partial charge in [0.1, 0.15) is 0 Å². The molecule has 1 aromatic heterocycles. The number of fused-ring (bicyclic) bond motifs is 1. The lowest BCUT2D eigenvalue weighted by molar-refractivity contribution is 0.0451. The van der Waals surface area contributed by atoms with Gasteiger partial charge in [0.25, 0.3) is 0 Å². The first-order valence-corrected chi connectivity index (χ1v) is 6.98. The highest BCUT2D eigenvalue weighted by Crippen LogP contribution is 2.21. The van der Waals surface area contributed by atoms with Crippen LogP contribution in [0.2, 0.25) is 0 Å². The summed E-state index contributed by atoms with van der Waals surface area (Å²) in [5.41, 5.74) is 7.54. The third-order valence-electron chi connectivity index (χ3n) is 4.15. The van der Waals surface area contributed by atoms with Gasteiger partial charge in [-0.1, -0.05) is 6.42 Å². The molecule has 0 radical (unpaired) electrons. The molecule has 0 aliphatic carbocycles. The van der Waals surface area contributed by atoms with Crippen molar-refractivity contribution in [2.24, 2.45) is 0 Å².